The van der Waals surface area contributed by atoms with Crippen LogP contribution in [0.15, 0.2) is 30.5 Å². The zero-order valence-electron chi connectivity index (χ0n) is 11.3. The van der Waals surface area contributed by atoms with E-state index in [1.807, 2.05) is 0 Å². The van der Waals surface area contributed by atoms with Gasteiger partial charge in [0.15, 0.2) is 0 Å². The summed E-state index contributed by atoms with van der Waals surface area (Å²) in [5, 5.41) is 1.33. The van der Waals surface area contributed by atoms with E-state index in [2.05, 4.69) is 45.2 Å². The number of rotatable bonds is 4. The van der Waals surface area contributed by atoms with E-state index in [1.54, 1.807) is 0 Å². The van der Waals surface area contributed by atoms with E-state index in [1.165, 1.54) is 16.6 Å². The average Bonchev–Trinajstić information content (AvgIpc) is 2.90. The molecule has 3 N–H and O–H groups in total. The van der Waals surface area contributed by atoms with Gasteiger partial charge in [0.2, 0.25) is 0 Å². The molecule has 1 aliphatic heterocycles. The van der Waals surface area contributed by atoms with Crippen molar-refractivity contribution < 1.29 is 0 Å². The van der Waals surface area contributed by atoms with Gasteiger partial charge in [-0.1, -0.05) is 18.2 Å². The van der Waals surface area contributed by atoms with Crippen LogP contribution in [0.2, 0.25) is 0 Å². The highest BCUT2D eigenvalue weighted by Crippen LogP contribution is 2.27. The Hall–Kier alpha value is -1.52. The number of para-hydroxylation sites is 1. The van der Waals surface area contributed by atoms with Gasteiger partial charge in [0.25, 0.3) is 0 Å². The van der Waals surface area contributed by atoms with Crippen LogP contribution in [0.1, 0.15) is 6.42 Å². The molecule has 0 spiro atoms. The van der Waals surface area contributed by atoms with Gasteiger partial charge in [0.1, 0.15) is 0 Å². The summed E-state index contributed by atoms with van der Waals surface area (Å²) in [6.45, 7) is 6.42. The van der Waals surface area contributed by atoms with Gasteiger partial charge >= 0.3 is 0 Å². The molecule has 4 heteroatoms. The zero-order chi connectivity index (χ0) is 13.1. The van der Waals surface area contributed by atoms with Crippen molar-refractivity contribution in [2.24, 2.45) is 5.73 Å². The first kappa shape index (κ1) is 12.5. The SMILES string of the molecule is NCCCN1CCN(c2c[nH]c3ccccc23)CC1. The first-order valence-electron chi connectivity index (χ1n) is 7.12. The zero-order valence-corrected chi connectivity index (χ0v) is 11.3. The lowest BCUT2D eigenvalue weighted by Gasteiger charge is -2.35. The van der Waals surface area contributed by atoms with Gasteiger partial charge < -0.3 is 15.6 Å². The maximum absolute atomic E-state index is 5.57. The second kappa shape index (κ2) is 5.63. The number of nitrogens with two attached hydrogens (primary N) is 1. The van der Waals surface area contributed by atoms with Crippen molar-refractivity contribution in [2.45, 2.75) is 6.42 Å². The van der Waals surface area contributed by atoms with Gasteiger partial charge in [-0.3, -0.25) is 4.90 Å². The first-order chi connectivity index (χ1) is 9.38. The molecule has 0 aliphatic carbocycles. The molecule has 0 saturated carbocycles. The Morgan fingerprint density at radius 2 is 1.89 bits per heavy atom. The molecule has 0 radical (unpaired) electrons. The molecular weight excluding hydrogens is 236 g/mol. The minimum atomic E-state index is 0.794. The largest absolute Gasteiger partial charge is 0.367 e. The van der Waals surface area contributed by atoms with E-state index in [0.29, 0.717) is 0 Å². The lowest BCUT2D eigenvalue weighted by Crippen LogP contribution is -2.46. The summed E-state index contributed by atoms with van der Waals surface area (Å²) in [5.41, 5.74) is 8.14. The van der Waals surface area contributed by atoms with Crippen molar-refractivity contribution in [3.8, 4) is 0 Å². The fourth-order valence-electron chi connectivity index (χ4n) is 2.85. The molecule has 0 unspecified atom stereocenters. The summed E-state index contributed by atoms with van der Waals surface area (Å²) in [6, 6.07) is 8.52. The molecule has 0 amide bonds. The van der Waals surface area contributed by atoms with E-state index >= 15 is 0 Å². The van der Waals surface area contributed by atoms with Gasteiger partial charge in [-0.2, -0.15) is 0 Å². The van der Waals surface area contributed by atoms with Gasteiger partial charge in [0.05, 0.1) is 5.69 Å². The summed E-state index contributed by atoms with van der Waals surface area (Å²) >= 11 is 0. The lowest BCUT2D eigenvalue weighted by molar-refractivity contribution is 0.256. The van der Waals surface area contributed by atoms with Crippen molar-refractivity contribution in [1.29, 1.82) is 0 Å². The van der Waals surface area contributed by atoms with Crippen LogP contribution in [0.5, 0.6) is 0 Å². The Morgan fingerprint density at radius 3 is 2.68 bits per heavy atom. The smallest absolute Gasteiger partial charge is 0.0624 e. The summed E-state index contributed by atoms with van der Waals surface area (Å²) < 4.78 is 0. The van der Waals surface area contributed by atoms with Crippen LogP contribution in [-0.4, -0.2) is 49.2 Å². The monoisotopic (exact) mass is 258 g/mol. The molecule has 1 aliphatic rings. The van der Waals surface area contributed by atoms with Crippen molar-refractivity contribution >= 4 is 16.6 Å². The molecule has 0 bridgehead atoms. The Balaban J connectivity index is 1.68. The molecule has 1 aromatic carbocycles. The molecule has 0 atom stereocenters. The number of H-pyrrole nitrogens is 1. The normalized spacial score (nSPS) is 17.2. The maximum atomic E-state index is 5.57. The molecule has 1 saturated heterocycles. The van der Waals surface area contributed by atoms with Crippen molar-refractivity contribution in [3.63, 3.8) is 0 Å². The lowest BCUT2D eigenvalue weighted by atomic mass is 10.2. The number of nitrogens with one attached hydrogen (secondary N) is 1. The summed E-state index contributed by atoms with van der Waals surface area (Å²) in [4.78, 5) is 8.36. The van der Waals surface area contributed by atoms with Crippen molar-refractivity contribution in [2.75, 3.05) is 44.2 Å². The fourth-order valence-corrected chi connectivity index (χ4v) is 2.85. The molecule has 3 rings (SSSR count). The number of aromatic amines is 1. The Kier molecular flexibility index (Phi) is 3.71. The van der Waals surface area contributed by atoms with E-state index < -0.39 is 0 Å². The number of anilines is 1. The highest BCUT2D eigenvalue weighted by atomic mass is 15.3. The van der Waals surface area contributed by atoms with E-state index in [9.17, 15) is 0 Å². The van der Waals surface area contributed by atoms with Gasteiger partial charge in [-0.25, -0.2) is 0 Å². The first-order valence-corrected chi connectivity index (χ1v) is 7.12. The standard InChI is InChI=1S/C15H22N4/c16-6-3-7-18-8-10-19(11-9-18)15-12-17-14-5-2-1-4-13(14)15/h1-2,4-5,12,17H,3,6-11,16H2. The molecule has 4 nitrogen and oxygen atoms in total. The molecule has 2 aromatic rings. The third-order valence-corrected chi connectivity index (χ3v) is 3.96. The van der Waals surface area contributed by atoms with Gasteiger partial charge in [-0.15, -0.1) is 0 Å². The van der Waals surface area contributed by atoms with Gasteiger partial charge in [-0.05, 0) is 25.6 Å². The van der Waals surface area contributed by atoms with Crippen molar-refractivity contribution in [3.05, 3.63) is 30.5 Å². The summed E-state index contributed by atoms with van der Waals surface area (Å²) in [6.07, 6.45) is 3.24. The van der Waals surface area contributed by atoms with E-state index in [-0.39, 0.29) is 0 Å². The number of nitrogens with zero attached hydrogens (tertiary/aromatic N) is 2. The van der Waals surface area contributed by atoms with Crippen LogP contribution >= 0.6 is 0 Å². The number of hydrogen-bond acceptors (Lipinski definition) is 3. The second-order valence-electron chi connectivity index (χ2n) is 5.19. The average molecular weight is 258 g/mol. The maximum Gasteiger partial charge on any atom is 0.0624 e. The minimum absolute atomic E-state index is 0.794. The molecule has 102 valence electrons. The van der Waals surface area contributed by atoms with E-state index in [4.69, 9.17) is 5.73 Å². The number of aromatic nitrogens is 1. The molecule has 2 heterocycles. The number of hydrogen-bond donors (Lipinski definition) is 2. The fraction of sp³-hybridized carbons (Fsp3) is 0.467. The molecule has 1 aromatic heterocycles. The Labute approximate surface area is 114 Å². The Morgan fingerprint density at radius 1 is 1.11 bits per heavy atom. The van der Waals surface area contributed by atoms with Crippen LogP contribution in [0.3, 0.4) is 0 Å². The minimum Gasteiger partial charge on any atom is -0.367 e. The predicted octanol–water partition coefficient (Wildman–Crippen LogP) is 1.64. The highest BCUT2D eigenvalue weighted by Gasteiger charge is 2.18. The molecule has 1 fully saturated rings. The van der Waals surface area contributed by atoms with Crippen LogP contribution in [-0.2, 0) is 0 Å². The van der Waals surface area contributed by atoms with Crippen LogP contribution in [0.25, 0.3) is 10.9 Å². The van der Waals surface area contributed by atoms with Crippen LogP contribution in [0.4, 0.5) is 5.69 Å². The topological polar surface area (TPSA) is 48.3 Å². The quantitative estimate of drug-likeness (QED) is 0.876. The molecule has 19 heavy (non-hydrogen) atoms. The third kappa shape index (κ3) is 2.60. The van der Waals surface area contributed by atoms with Crippen LogP contribution < -0.4 is 10.6 Å². The van der Waals surface area contributed by atoms with Crippen molar-refractivity contribution in [1.82, 2.24) is 9.88 Å². The third-order valence-electron chi connectivity index (χ3n) is 3.96. The number of piperazine rings is 1. The summed E-state index contributed by atoms with van der Waals surface area (Å²) in [7, 11) is 0. The van der Waals surface area contributed by atoms with E-state index in [0.717, 1.165) is 45.7 Å². The highest BCUT2D eigenvalue weighted by molar-refractivity contribution is 5.92. The number of fused-ring (bicyclic) bond motifs is 1. The van der Waals surface area contributed by atoms with Crippen LogP contribution in [0, 0.1) is 0 Å². The molecular formula is C15H22N4. The second-order valence-corrected chi connectivity index (χ2v) is 5.19. The Bertz CT molecular complexity index is 526. The summed E-state index contributed by atoms with van der Waals surface area (Å²) in [5.74, 6) is 0. The predicted molar refractivity (Wildman–Crippen MR) is 80.6 cm³/mol. The van der Waals surface area contributed by atoms with Gasteiger partial charge in [0, 0.05) is 43.3 Å². The number of benzene rings is 1.